The summed E-state index contributed by atoms with van der Waals surface area (Å²) >= 11 is 0. The van der Waals surface area contributed by atoms with Gasteiger partial charge in [-0.25, -0.2) is 23.3 Å². The van der Waals surface area contributed by atoms with Crippen LogP contribution in [0.25, 0.3) is 11.1 Å². The summed E-state index contributed by atoms with van der Waals surface area (Å²) in [6.07, 6.45) is 4.37. The van der Waals surface area contributed by atoms with Gasteiger partial charge in [0.15, 0.2) is 0 Å². The minimum absolute atomic E-state index is 0.0431. The lowest BCUT2D eigenvalue weighted by atomic mass is 9.80. The van der Waals surface area contributed by atoms with Crippen LogP contribution in [0.5, 0.6) is 0 Å². The van der Waals surface area contributed by atoms with Gasteiger partial charge in [-0.2, -0.15) is 0 Å². The maximum atomic E-state index is 13.3. The highest BCUT2D eigenvalue weighted by Gasteiger charge is 2.46. The van der Waals surface area contributed by atoms with Crippen LogP contribution in [0.1, 0.15) is 42.5 Å². The van der Waals surface area contributed by atoms with Crippen LogP contribution in [0, 0.1) is 6.92 Å². The van der Waals surface area contributed by atoms with E-state index < -0.39 is 10.0 Å². The summed E-state index contributed by atoms with van der Waals surface area (Å²) in [5.74, 6) is 0.732. The number of carbonyl (C=O) groups excluding carboxylic acids is 1. The largest absolute Gasteiger partial charge is 0.395 e. The summed E-state index contributed by atoms with van der Waals surface area (Å²) in [5.41, 5.74) is 5.90. The minimum atomic E-state index is -3.75. The third kappa shape index (κ3) is 5.11. The molecule has 2 heterocycles. The molecule has 1 spiro atoms. The molecule has 1 aromatic heterocycles. The molecule has 2 aliphatic rings. The topological polar surface area (TPSA) is 138 Å². The average Bonchev–Trinajstić information content (AvgIpc) is 3.51. The van der Waals surface area contributed by atoms with Crippen molar-refractivity contribution < 1.29 is 18.3 Å². The fourth-order valence-electron chi connectivity index (χ4n) is 5.72. The zero-order chi connectivity index (χ0) is 26.9. The number of aromatic nitrogens is 1. The molecule has 2 amide bonds. The van der Waals surface area contributed by atoms with E-state index in [1.54, 1.807) is 12.1 Å². The quantitative estimate of drug-likeness (QED) is 0.364. The molecular formula is C28H33N5O4S. The highest BCUT2D eigenvalue weighted by molar-refractivity contribution is 7.89. The molecule has 1 aliphatic heterocycles. The van der Waals surface area contributed by atoms with Gasteiger partial charge >= 0.3 is 6.03 Å². The number of nitrogens with one attached hydrogen (secondary N) is 2. The molecule has 2 aromatic carbocycles. The van der Waals surface area contributed by atoms with E-state index in [9.17, 15) is 13.2 Å². The Labute approximate surface area is 223 Å². The number of rotatable bonds is 7. The number of amides is 2. The van der Waals surface area contributed by atoms with Crippen molar-refractivity contribution in [2.75, 3.05) is 29.9 Å². The maximum Gasteiger partial charge on any atom is 0.322 e. The number of nitrogens with two attached hydrogens (primary N) is 1. The third-order valence-corrected chi connectivity index (χ3v) is 8.56. The molecule has 5 rings (SSSR count). The van der Waals surface area contributed by atoms with Gasteiger partial charge in [-0.15, -0.1) is 0 Å². The number of aryl methyl sites for hydroxylation is 1. The summed E-state index contributed by atoms with van der Waals surface area (Å²) in [4.78, 5) is 19.9. The van der Waals surface area contributed by atoms with Gasteiger partial charge in [0.25, 0.3) is 0 Å². The van der Waals surface area contributed by atoms with Crippen molar-refractivity contribution in [2.24, 2.45) is 5.14 Å². The van der Waals surface area contributed by atoms with Gasteiger partial charge in [-0.05, 0) is 72.9 Å². The molecule has 0 saturated heterocycles. The molecule has 1 fully saturated rings. The second-order valence-corrected chi connectivity index (χ2v) is 11.7. The number of urea groups is 1. The number of sulfonamides is 1. The Balaban J connectivity index is 1.38. The lowest BCUT2D eigenvalue weighted by molar-refractivity contribution is 0.245. The molecule has 200 valence electrons. The molecule has 0 radical (unpaired) electrons. The fraction of sp³-hybridized carbons (Fsp3) is 0.357. The highest BCUT2D eigenvalue weighted by Crippen LogP contribution is 2.51. The van der Waals surface area contributed by atoms with E-state index in [0.29, 0.717) is 13.1 Å². The lowest BCUT2D eigenvalue weighted by Gasteiger charge is -2.25. The van der Waals surface area contributed by atoms with E-state index in [0.717, 1.165) is 59.6 Å². The van der Waals surface area contributed by atoms with Gasteiger partial charge in [0.1, 0.15) is 5.82 Å². The lowest BCUT2D eigenvalue weighted by Crippen LogP contribution is -2.41. The summed E-state index contributed by atoms with van der Waals surface area (Å²) < 4.78 is 23.0. The second-order valence-electron chi connectivity index (χ2n) is 10.1. The number of primary sulfonamides is 1. The Morgan fingerprint density at radius 2 is 1.84 bits per heavy atom. The predicted molar refractivity (Wildman–Crippen MR) is 148 cm³/mol. The number of hydrogen-bond donors (Lipinski definition) is 4. The number of aliphatic hydroxyl groups is 1. The van der Waals surface area contributed by atoms with Crippen molar-refractivity contribution in [3.8, 4) is 11.1 Å². The monoisotopic (exact) mass is 535 g/mol. The highest BCUT2D eigenvalue weighted by atomic mass is 32.2. The fourth-order valence-corrected chi connectivity index (χ4v) is 6.23. The molecule has 9 nitrogen and oxygen atoms in total. The number of hydrogen-bond acceptors (Lipinski definition) is 6. The number of benzene rings is 2. The van der Waals surface area contributed by atoms with Gasteiger partial charge in [0.05, 0.1) is 11.5 Å². The molecule has 1 saturated carbocycles. The van der Waals surface area contributed by atoms with Crippen LogP contribution in [0.15, 0.2) is 59.5 Å². The molecule has 0 unspecified atom stereocenters. The van der Waals surface area contributed by atoms with Crippen molar-refractivity contribution in [1.29, 1.82) is 0 Å². The van der Waals surface area contributed by atoms with Crippen molar-refractivity contribution >= 4 is 27.6 Å². The molecule has 38 heavy (non-hydrogen) atoms. The number of nitrogens with zero attached hydrogens (tertiary/aromatic N) is 2. The normalized spacial score (nSPS) is 16.0. The van der Waals surface area contributed by atoms with Crippen molar-refractivity contribution in [1.82, 2.24) is 10.3 Å². The summed E-state index contributed by atoms with van der Waals surface area (Å²) in [6.45, 7) is 3.40. The number of pyridine rings is 1. The summed E-state index contributed by atoms with van der Waals surface area (Å²) in [6, 6.07) is 16.3. The van der Waals surface area contributed by atoms with Crippen LogP contribution in [-0.2, 0) is 22.0 Å². The Hall–Kier alpha value is -3.47. The van der Waals surface area contributed by atoms with Crippen molar-refractivity contribution in [2.45, 2.75) is 49.5 Å². The zero-order valence-electron chi connectivity index (χ0n) is 21.4. The predicted octanol–water partition coefficient (Wildman–Crippen LogP) is 3.65. The van der Waals surface area contributed by atoms with Crippen LogP contribution in [0.2, 0.25) is 0 Å². The standard InChI is InChI=1S/C28H33N5O4S/c1-19-23(9-11-26(32-19)30-14-15-34)21-6-10-25-24(16-21)28(12-2-3-13-28)18-33(25)27(35)31-17-20-4-7-22(8-5-20)38(29,36)37/h4-11,16,34H,2-3,12-15,17-18H2,1H3,(H,30,32)(H,31,35)(H2,29,36,37). The van der Waals surface area contributed by atoms with Crippen LogP contribution in [-0.4, -0.2) is 44.2 Å². The van der Waals surface area contributed by atoms with Crippen molar-refractivity contribution in [3.63, 3.8) is 0 Å². The number of carbonyl (C=O) groups is 1. The molecule has 1 aliphatic carbocycles. The van der Waals surface area contributed by atoms with Crippen LogP contribution in [0.4, 0.5) is 16.3 Å². The molecule has 10 heteroatoms. The molecule has 3 aromatic rings. The van der Waals surface area contributed by atoms with Gasteiger partial charge in [-0.1, -0.05) is 31.0 Å². The number of anilines is 2. The molecular weight excluding hydrogens is 502 g/mol. The van der Waals surface area contributed by atoms with Crippen molar-refractivity contribution in [3.05, 3.63) is 71.4 Å². The van der Waals surface area contributed by atoms with Crippen LogP contribution >= 0.6 is 0 Å². The average molecular weight is 536 g/mol. The van der Waals surface area contributed by atoms with Gasteiger partial charge < -0.3 is 15.7 Å². The summed E-state index contributed by atoms with van der Waals surface area (Å²) in [5, 5.41) is 20.3. The Morgan fingerprint density at radius 1 is 1.11 bits per heavy atom. The zero-order valence-corrected chi connectivity index (χ0v) is 22.2. The van der Waals surface area contributed by atoms with Crippen LogP contribution < -0.4 is 20.7 Å². The Kier molecular flexibility index (Phi) is 7.13. The van der Waals surface area contributed by atoms with Gasteiger partial charge in [0.2, 0.25) is 10.0 Å². The first kappa shape index (κ1) is 26.1. The van der Waals surface area contributed by atoms with E-state index >= 15 is 0 Å². The van der Waals surface area contributed by atoms with E-state index in [4.69, 9.17) is 10.2 Å². The van der Waals surface area contributed by atoms with E-state index in [2.05, 4.69) is 21.7 Å². The van der Waals surface area contributed by atoms with Gasteiger partial charge in [0, 0.05) is 42.0 Å². The maximum absolute atomic E-state index is 13.3. The molecule has 0 atom stereocenters. The smallest absolute Gasteiger partial charge is 0.322 e. The first-order valence-corrected chi connectivity index (χ1v) is 14.4. The third-order valence-electron chi connectivity index (χ3n) is 7.64. The number of fused-ring (bicyclic) bond motifs is 2. The number of aliphatic hydroxyl groups excluding tert-OH is 1. The summed E-state index contributed by atoms with van der Waals surface area (Å²) in [7, 11) is -3.75. The molecule has 5 N–H and O–H groups in total. The Morgan fingerprint density at radius 3 is 2.50 bits per heavy atom. The first-order valence-electron chi connectivity index (χ1n) is 12.8. The van der Waals surface area contributed by atoms with E-state index in [1.807, 2.05) is 36.1 Å². The SMILES string of the molecule is Cc1nc(NCCO)ccc1-c1ccc2c(c1)C1(CCCC1)CN2C(=O)NCc1ccc(S(N)(=O)=O)cc1. The van der Waals surface area contributed by atoms with E-state index in [-0.39, 0.29) is 29.5 Å². The first-order chi connectivity index (χ1) is 18.2. The molecule has 0 bridgehead atoms. The Bertz CT molecular complexity index is 1450. The van der Waals surface area contributed by atoms with Crippen LogP contribution in [0.3, 0.4) is 0 Å². The minimum Gasteiger partial charge on any atom is -0.395 e. The van der Waals surface area contributed by atoms with E-state index in [1.165, 1.54) is 17.7 Å². The van der Waals surface area contributed by atoms with Gasteiger partial charge in [-0.3, -0.25) is 4.90 Å². The second kappa shape index (κ2) is 10.4.